The average molecular weight is 322 g/mol. The molecule has 0 aliphatic rings. The molecule has 0 aliphatic carbocycles. The van der Waals surface area contributed by atoms with Crippen LogP contribution in [-0.4, -0.2) is 0 Å². The van der Waals surface area contributed by atoms with Crippen LogP contribution in [-0.2, 0) is 0 Å². The Kier molecular flexibility index (Phi) is 3.89. The molecule has 0 saturated heterocycles. The largest absolute Gasteiger partial charge is 0.0616 e. The Hall–Kier alpha value is -2.86. The molecule has 0 bridgehead atoms. The summed E-state index contributed by atoms with van der Waals surface area (Å²) >= 11 is 0. The number of aryl methyl sites for hydroxylation is 3. The first-order valence-electron chi connectivity index (χ1n) is 8.80. The Morgan fingerprint density at radius 1 is 0.520 bits per heavy atom. The van der Waals surface area contributed by atoms with Gasteiger partial charge in [-0.3, -0.25) is 0 Å². The molecule has 0 nitrogen and oxygen atoms in total. The van der Waals surface area contributed by atoms with Gasteiger partial charge in [0, 0.05) is 0 Å². The quantitative estimate of drug-likeness (QED) is 0.369. The maximum atomic E-state index is 2.34. The number of hydrogen-bond donors (Lipinski definition) is 0. The zero-order chi connectivity index (χ0) is 17.4. The maximum absolute atomic E-state index is 2.34. The maximum Gasteiger partial charge on any atom is -0.00265 e. The number of benzene rings is 4. The molecular formula is C25H22. The second-order valence-electron chi connectivity index (χ2n) is 6.90. The zero-order valence-electron chi connectivity index (χ0n) is 15.0. The number of rotatable bonds is 2. The van der Waals surface area contributed by atoms with Gasteiger partial charge in [0.15, 0.2) is 0 Å². The Morgan fingerprint density at radius 2 is 1.12 bits per heavy atom. The summed E-state index contributed by atoms with van der Waals surface area (Å²) in [5.74, 6) is 0. The third kappa shape index (κ3) is 2.85. The van der Waals surface area contributed by atoms with E-state index < -0.39 is 0 Å². The lowest BCUT2D eigenvalue weighted by atomic mass is 9.87. The van der Waals surface area contributed by atoms with Crippen molar-refractivity contribution in [2.45, 2.75) is 20.8 Å². The highest BCUT2D eigenvalue weighted by Crippen LogP contribution is 2.40. The van der Waals surface area contributed by atoms with Gasteiger partial charge in [0.05, 0.1) is 0 Å². The van der Waals surface area contributed by atoms with Crippen LogP contribution >= 0.6 is 0 Å². The van der Waals surface area contributed by atoms with Gasteiger partial charge in [-0.05, 0) is 59.4 Å². The van der Waals surface area contributed by atoms with E-state index in [0.717, 1.165) is 0 Å². The van der Waals surface area contributed by atoms with Crippen molar-refractivity contribution in [2.24, 2.45) is 0 Å². The fraction of sp³-hybridized carbons (Fsp3) is 0.120. The smallest absolute Gasteiger partial charge is 0.00265 e. The Bertz CT molecular complexity index is 1070. The second kappa shape index (κ2) is 6.22. The van der Waals surface area contributed by atoms with Crippen LogP contribution in [0.5, 0.6) is 0 Å². The van der Waals surface area contributed by atoms with Crippen molar-refractivity contribution in [3.63, 3.8) is 0 Å². The summed E-state index contributed by atoms with van der Waals surface area (Å²) < 4.78 is 0. The molecule has 0 heterocycles. The summed E-state index contributed by atoms with van der Waals surface area (Å²) in [5.41, 5.74) is 9.11. The summed E-state index contributed by atoms with van der Waals surface area (Å²) in [7, 11) is 0. The van der Waals surface area contributed by atoms with E-state index in [0.29, 0.717) is 0 Å². The normalized spacial score (nSPS) is 11.0. The SMILES string of the molecule is Cc1cccc(-c2cc(C)c3ccccc3c2-c2cccc(C)c2)c1. The van der Waals surface area contributed by atoms with Crippen molar-refractivity contribution in [2.75, 3.05) is 0 Å². The minimum absolute atomic E-state index is 1.28. The number of hydrogen-bond acceptors (Lipinski definition) is 0. The third-order valence-corrected chi connectivity index (χ3v) is 4.89. The molecule has 0 fully saturated rings. The van der Waals surface area contributed by atoms with E-state index in [1.54, 1.807) is 0 Å². The molecular weight excluding hydrogens is 300 g/mol. The standard InChI is InChI=1S/C25H22/c1-17-8-6-10-20(14-17)24-16-19(3)22-12-4-5-13-23(22)25(24)21-11-7-9-18(2)15-21/h4-16H,1-3H3. The first kappa shape index (κ1) is 15.7. The van der Waals surface area contributed by atoms with E-state index in [2.05, 4.69) is 99.6 Å². The summed E-state index contributed by atoms with van der Waals surface area (Å²) in [5, 5.41) is 2.65. The minimum atomic E-state index is 1.28. The van der Waals surface area contributed by atoms with Gasteiger partial charge >= 0.3 is 0 Å². The zero-order valence-corrected chi connectivity index (χ0v) is 15.0. The van der Waals surface area contributed by atoms with Crippen molar-refractivity contribution < 1.29 is 0 Å². The van der Waals surface area contributed by atoms with Gasteiger partial charge in [-0.1, -0.05) is 90.0 Å². The van der Waals surface area contributed by atoms with Gasteiger partial charge in [0.2, 0.25) is 0 Å². The third-order valence-electron chi connectivity index (χ3n) is 4.89. The molecule has 4 aromatic carbocycles. The topological polar surface area (TPSA) is 0 Å². The van der Waals surface area contributed by atoms with Crippen LogP contribution in [0.4, 0.5) is 0 Å². The molecule has 0 aliphatic heterocycles. The molecule has 0 radical (unpaired) electrons. The van der Waals surface area contributed by atoms with E-state index in [1.165, 1.54) is 49.7 Å². The Balaban J connectivity index is 2.13. The van der Waals surface area contributed by atoms with E-state index in [1.807, 2.05) is 0 Å². The van der Waals surface area contributed by atoms with Gasteiger partial charge in [-0.2, -0.15) is 0 Å². The predicted molar refractivity (Wildman–Crippen MR) is 109 cm³/mol. The molecule has 122 valence electrons. The summed E-state index contributed by atoms with van der Waals surface area (Å²) in [4.78, 5) is 0. The monoisotopic (exact) mass is 322 g/mol. The lowest BCUT2D eigenvalue weighted by molar-refractivity contribution is 1.44. The van der Waals surface area contributed by atoms with Crippen molar-refractivity contribution in [1.29, 1.82) is 0 Å². The highest BCUT2D eigenvalue weighted by molar-refractivity contribution is 6.05. The fourth-order valence-electron chi connectivity index (χ4n) is 3.71. The van der Waals surface area contributed by atoms with E-state index in [-0.39, 0.29) is 0 Å². The van der Waals surface area contributed by atoms with Crippen molar-refractivity contribution >= 4 is 10.8 Å². The molecule has 0 atom stereocenters. The van der Waals surface area contributed by atoms with Crippen molar-refractivity contribution in [3.8, 4) is 22.3 Å². The van der Waals surface area contributed by atoms with Crippen molar-refractivity contribution in [3.05, 3.63) is 95.6 Å². The second-order valence-corrected chi connectivity index (χ2v) is 6.90. The van der Waals surface area contributed by atoms with Crippen molar-refractivity contribution in [1.82, 2.24) is 0 Å². The molecule has 0 N–H and O–H groups in total. The number of fused-ring (bicyclic) bond motifs is 1. The Morgan fingerprint density at radius 3 is 1.80 bits per heavy atom. The van der Waals surface area contributed by atoms with Crippen LogP contribution in [0, 0.1) is 20.8 Å². The summed E-state index contributed by atoms with van der Waals surface area (Å²) in [6, 6.07) is 28.7. The van der Waals surface area contributed by atoms with Gasteiger partial charge in [-0.25, -0.2) is 0 Å². The molecule has 25 heavy (non-hydrogen) atoms. The Labute approximate surface area is 149 Å². The van der Waals surface area contributed by atoms with Crippen LogP contribution in [0.15, 0.2) is 78.9 Å². The minimum Gasteiger partial charge on any atom is -0.0616 e. The highest BCUT2D eigenvalue weighted by Gasteiger charge is 2.14. The average Bonchev–Trinajstić information content (AvgIpc) is 2.61. The van der Waals surface area contributed by atoms with E-state index in [4.69, 9.17) is 0 Å². The first-order valence-corrected chi connectivity index (χ1v) is 8.80. The van der Waals surface area contributed by atoms with Crippen LogP contribution in [0.2, 0.25) is 0 Å². The fourth-order valence-corrected chi connectivity index (χ4v) is 3.71. The van der Waals surface area contributed by atoms with Gasteiger partial charge in [0.1, 0.15) is 0 Å². The molecule has 0 spiro atoms. The lowest BCUT2D eigenvalue weighted by Gasteiger charge is -2.17. The van der Waals surface area contributed by atoms with Crippen LogP contribution < -0.4 is 0 Å². The highest BCUT2D eigenvalue weighted by atomic mass is 14.2. The lowest BCUT2D eigenvalue weighted by Crippen LogP contribution is -1.91. The van der Waals surface area contributed by atoms with Gasteiger partial charge < -0.3 is 0 Å². The van der Waals surface area contributed by atoms with Crippen LogP contribution in [0.3, 0.4) is 0 Å². The molecule has 0 unspecified atom stereocenters. The van der Waals surface area contributed by atoms with E-state index >= 15 is 0 Å². The predicted octanol–water partition coefficient (Wildman–Crippen LogP) is 7.10. The summed E-state index contributed by atoms with van der Waals surface area (Å²) in [6.07, 6.45) is 0. The molecule has 0 aromatic heterocycles. The molecule has 0 amide bonds. The van der Waals surface area contributed by atoms with Crippen LogP contribution in [0.1, 0.15) is 16.7 Å². The molecule has 0 saturated carbocycles. The summed E-state index contributed by atoms with van der Waals surface area (Å²) in [6.45, 7) is 6.53. The molecule has 0 heteroatoms. The van der Waals surface area contributed by atoms with Gasteiger partial charge in [0.25, 0.3) is 0 Å². The molecule has 4 aromatic rings. The van der Waals surface area contributed by atoms with E-state index in [9.17, 15) is 0 Å². The van der Waals surface area contributed by atoms with Gasteiger partial charge in [-0.15, -0.1) is 0 Å². The molecule has 4 rings (SSSR count). The first-order chi connectivity index (χ1) is 12.1. The van der Waals surface area contributed by atoms with Crippen LogP contribution in [0.25, 0.3) is 33.0 Å².